The van der Waals surface area contributed by atoms with Crippen molar-refractivity contribution in [3.8, 4) is 16.9 Å². The van der Waals surface area contributed by atoms with E-state index >= 15 is 0 Å². The molecule has 0 aliphatic carbocycles. The van der Waals surface area contributed by atoms with Crippen molar-refractivity contribution in [3.05, 3.63) is 71.4 Å². The van der Waals surface area contributed by atoms with Crippen LogP contribution in [0.15, 0.2) is 48.8 Å². The van der Waals surface area contributed by atoms with Crippen molar-refractivity contribution >= 4 is 22.6 Å². The van der Waals surface area contributed by atoms with Crippen LogP contribution in [0, 0.1) is 0 Å². The van der Waals surface area contributed by atoms with Crippen molar-refractivity contribution < 1.29 is 14.7 Å². The van der Waals surface area contributed by atoms with E-state index in [0.717, 1.165) is 52.8 Å². The summed E-state index contributed by atoms with van der Waals surface area (Å²) in [5.41, 5.74) is 5.74. The van der Waals surface area contributed by atoms with Gasteiger partial charge in [0.2, 0.25) is 5.91 Å². The highest BCUT2D eigenvalue weighted by Crippen LogP contribution is 2.30. The number of carbonyl (C=O) groups is 2. The topological polar surface area (TPSA) is 101 Å². The Morgan fingerprint density at radius 2 is 1.97 bits per heavy atom. The van der Waals surface area contributed by atoms with Crippen molar-refractivity contribution in [3.63, 3.8) is 0 Å². The molecule has 0 radical (unpaired) electrons. The molecule has 0 saturated carbocycles. The number of hydrogen-bond donors (Lipinski definition) is 1. The number of aromatic nitrogens is 4. The number of benzene rings is 1. The van der Waals surface area contributed by atoms with Gasteiger partial charge < -0.3 is 10.0 Å². The maximum Gasteiger partial charge on any atom is 0.354 e. The zero-order valence-electron chi connectivity index (χ0n) is 18.4. The first kappa shape index (κ1) is 20.8. The first-order valence-corrected chi connectivity index (χ1v) is 10.9. The average molecular weight is 441 g/mol. The summed E-state index contributed by atoms with van der Waals surface area (Å²) in [6.45, 7) is 4.97. The fourth-order valence-corrected chi connectivity index (χ4v) is 4.42. The fourth-order valence-electron chi connectivity index (χ4n) is 4.42. The Morgan fingerprint density at radius 3 is 2.67 bits per heavy atom. The Hall–Kier alpha value is -4.07. The molecule has 1 N–H and O–H groups in total. The molecular formula is C25H23N5O3. The van der Waals surface area contributed by atoms with Gasteiger partial charge in [-0.05, 0) is 42.5 Å². The van der Waals surface area contributed by atoms with Crippen molar-refractivity contribution in [1.82, 2.24) is 24.6 Å². The molecule has 4 heterocycles. The van der Waals surface area contributed by atoms with Gasteiger partial charge in [0.1, 0.15) is 5.69 Å². The maximum absolute atomic E-state index is 12.0. The van der Waals surface area contributed by atoms with Crippen LogP contribution in [-0.4, -0.2) is 48.2 Å². The minimum atomic E-state index is -1.06. The third-order valence-electron chi connectivity index (χ3n) is 6.17. The zero-order chi connectivity index (χ0) is 23.1. The summed E-state index contributed by atoms with van der Waals surface area (Å²) in [5, 5.41) is 15.9. The van der Waals surface area contributed by atoms with E-state index < -0.39 is 5.97 Å². The van der Waals surface area contributed by atoms with Crippen molar-refractivity contribution in [2.75, 3.05) is 6.54 Å². The summed E-state index contributed by atoms with van der Waals surface area (Å²) in [4.78, 5) is 33.6. The van der Waals surface area contributed by atoms with Gasteiger partial charge in [-0.2, -0.15) is 5.10 Å². The van der Waals surface area contributed by atoms with Crippen LogP contribution in [-0.2, 0) is 24.2 Å². The average Bonchev–Trinajstić information content (AvgIpc) is 3.21. The van der Waals surface area contributed by atoms with Gasteiger partial charge in [0.15, 0.2) is 0 Å². The molecule has 0 saturated heterocycles. The second-order valence-electron chi connectivity index (χ2n) is 8.13. The van der Waals surface area contributed by atoms with Crippen molar-refractivity contribution in [1.29, 1.82) is 0 Å². The second kappa shape index (κ2) is 8.12. The molecule has 1 aliphatic rings. The second-order valence-corrected chi connectivity index (χ2v) is 8.13. The Morgan fingerprint density at radius 1 is 1.12 bits per heavy atom. The number of amides is 1. The summed E-state index contributed by atoms with van der Waals surface area (Å²) in [6, 6.07) is 11.2. The Labute approximate surface area is 190 Å². The summed E-state index contributed by atoms with van der Waals surface area (Å²) in [7, 11) is 0. The molecule has 3 aromatic heterocycles. The number of hydrogen-bond acceptors (Lipinski definition) is 5. The lowest BCUT2D eigenvalue weighted by Gasteiger charge is -2.27. The van der Waals surface area contributed by atoms with E-state index in [2.05, 4.69) is 16.9 Å². The molecule has 4 aromatic rings. The first-order chi connectivity index (χ1) is 16.0. The lowest BCUT2D eigenvalue weighted by Crippen LogP contribution is -2.35. The third-order valence-corrected chi connectivity index (χ3v) is 6.17. The standard InChI is InChI=1S/C25H23N5O3/c1-3-20-18-9-10-29(15(2)31)14-24(18)30(28-20)23-6-4-5-16-11-22(27-13-19(16)23)17-7-8-21(25(32)33)26-12-17/h4-8,11-13H,3,9-10,14H2,1-2H3,(H,32,33). The van der Waals surface area contributed by atoms with E-state index in [1.165, 1.54) is 17.8 Å². The lowest BCUT2D eigenvalue weighted by molar-refractivity contribution is -0.129. The highest BCUT2D eigenvalue weighted by atomic mass is 16.4. The van der Waals surface area contributed by atoms with Gasteiger partial charge in [-0.15, -0.1) is 0 Å². The summed E-state index contributed by atoms with van der Waals surface area (Å²) < 4.78 is 1.97. The molecule has 5 rings (SSSR count). The van der Waals surface area contributed by atoms with E-state index in [4.69, 9.17) is 10.2 Å². The smallest absolute Gasteiger partial charge is 0.354 e. The van der Waals surface area contributed by atoms with Gasteiger partial charge in [-0.25, -0.2) is 14.5 Å². The SMILES string of the molecule is CCc1nn(-c2cccc3cc(-c4ccc(C(=O)O)nc4)ncc23)c2c1CCN(C(C)=O)C2. The van der Waals surface area contributed by atoms with Gasteiger partial charge in [-0.3, -0.25) is 9.78 Å². The van der Waals surface area contributed by atoms with Crippen molar-refractivity contribution in [2.45, 2.75) is 33.2 Å². The number of carboxylic acids is 1. The Bertz CT molecular complexity index is 1390. The summed E-state index contributed by atoms with van der Waals surface area (Å²) in [5.74, 6) is -0.992. The van der Waals surface area contributed by atoms with E-state index in [9.17, 15) is 9.59 Å². The van der Waals surface area contributed by atoms with Gasteiger partial charge >= 0.3 is 5.97 Å². The minimum Gasteiger partial charge on any atom is -0.477 e. The van der Waals surface area contributed by atoms with Gasteiger partial charge in [0, 0.05) is 42.4 Å². The Kier molecular flexibility index (Phi) is 5.12. The molecule has 8 heteroatoms. The quantitative estimate of drug-likeness (QED) is 0.519. The number of nitrogens with zero attached hydrogens (tertiary/aromatic N) is 5. The van der Waals surface area contributed by atoms with Crippen molar-refractivity contribution in [2.24, 2.45) is 0 Å². The molecule has 8 nitrogen and oxygen atoms in total. The summed E-state index contributed by atoms with van der Waals surface area (Å²) >= 11 is 0. The predicted molar refractivity (Wildman–Crippen MR) is 123 cm³/mol. The van der Waals surface area contributed by atoms with Crippen LogP contribution in [0.4, 0.5) is 0 Å². The van der Waals surface area contributed by atoms with E-state index in [0.29, 0.717) is 12.2 Å². The largest absolute Gasteiger partial charge is 0.477 e. The fraction of sp³-hybridized carbons (Fsp3) is 0.240. The van der Waals surface area contributed by atoms with Crippen LogP contribution >= 0.6 is 0 Å². The predicted octanol–water partition coefficient (Wildman–Crippen LogP) is 3.65. The Balaban J connectivity index is 1.60. The normalized spacial score (nSPS) is 13.2. The number of carboxylic acid groups (broad SMARTS) is 1. The number of aryl methyl sites for hydroxylation is 1. The highest BCUT2D eigenvalue weighted by Gasteiger charge is 2.26. The van der Waals surface area contributed by atoms with Crippen LogP contribution in [0.1, 0.15) is 41.3 Å². The molecular weight excluding hydrogens is 418 g/mol. The van der Waals surface area contributed by atoms with Crippen LogP contribution in [0.25, 0.3) is 27.7 Å². The monoisotopic (exact) mass is 441 g/mol. The molecule has 0 bridgehead atoms. The highest BCUT2D eigenvalue weighted by molar-refractivity contribution is 5.92. The molecule has 0 atom stereocenters. The number of carbonyl (C=O) groups excluding carboxylic acids is 1. The van der Waals surface area contributed by atoms with E-state index in [1.807, 2.05) is 40.0 Å². The molecule has 1 aromatic carbocycles. The molecule has 33 heavy (non-hydrogen) atoms. The van der Waals surface area contributed by atoms with Crippen LogP contribution in [0.3, 0.4) is 0 Å². The third kappa shape index (κ3) is 3.63. The van der Waals surface area contributed by atoms with Gasteiger partial charge in [-0.1, -0.05) is 19.1 Å². The molecule has 0 fully saturated rings. The number of fused-ring (bicyclic) bond motifs is 2. The van der Waals surface area contributed by atoms with E-state index in [1.54, 1.807) is 13.0 Å². The van der Waals surface area contributed by atoms with Crippen LogP contribution in [0.5, 0.6) is 0 Å². The number of aromatic carboxylic acids is 1. The van der Waals surface area contributed by atoms with Crippen LogP contribution < -0.4 is 0 Å². The number of pyridine rings is 2. The van der Waals surface area contributed by atoms with Gasteiger partial charge in [0.25, 0.3) is 0 Å². The summed E-state index contributed by atoms with van der Waals surface area (Å²) in [6.07, 6.45) is 4.98. The molecule has 0 unspecified atom stereocenters. The first-order valence-electron chi connectivity index (χ1n) is 10.9. The number of rotatable bonds is 4. The van der Waals surface area contributed by atoms with Gasteiger partial charge in [0.05, 0.1) is 29.3 Å². The van der Waals surface area contributed by atoms with Crippen LogP contribution in [0.2, 0.25) is 0 Å². The molecule has 0 spiro atoms. The zero-order valence-corrected chi connectivity index (χ0v) is 18.4. The lowest BCUT2D eigenvalue weighted by atomic mass is 10.0. The minimum absolute atomic E-state index is 0.00313. The molecule has 1 aliphatic heterocycles. The molecule has 1 amide bonds. The molecule has 166 valence electrons. The van der Waals surface area contributed by atoms with E-state index in [-0.39, 0.29) is 11.6 Å². The maximum atomic E-state index is 12.0.